The van der Waals surface area contributed by atoms with E-state index in [9.17, 15) is 4.79 Å². The van der Waals surface area contributed by atoms with Crippen molar-refractivity contribution in [3.8, 4) is 0 Å². The van der Waals surface area contributed by atoms with Gasteiger partial charge in [-0.25, -0.2) is 0 Å². The van der Waals surface area contributed by atoms with Crippen LogP contribution in [0.3, 0.4) is 0 Å². The molecule has 0 heterocycles. The second-order valence-electron chi connectivity index (χ2n) is 3.07. The summed E-state index contributed by atoms with van der Waals surface area (Å²) in [6, 6.07) is 1.98. The highest BCUT2D eigenvalue weighted by Crippen LogP contribution is 2.33. The molecule has 1 unspecified atom stereocenters. The molecule has 0 spiro atoms. The van der Waals surface area contributed by atoms with Crippen molar-refractivity contribution >= 4 is 46.5 Å². The van der Waals surface area contributed by atoms with Gasteiger partial charge in [0.15, 0.2) is 0 Å². The van der Waals surface area contributed by atoms with Crippen LogP contribution < -0.4 is 11.1 Å². The molecule has 88 valence electrons. The van der Waals surface area contributed by atoms with Gasteiger partial charge in [-0.15, -0.1) is 0 Å². The molecule has 1 rings (SSSR count). The first-order chi connectivity index (χ1) is 7.41. The molecular weight excluding hydrogens is 274 g/mol. The van der Waals surface area contributed by atoms with Crippen LogP contribution in [0.15, 0.2) is 12.1 Å². The third kappa shape index (κ3) is 3.42. The predicted octanol–water partition coefficient (Wildman–Crippen LogP) is 2.47. The van der Waals surface area contributed by atoms with E-state index in [0.29, 0.717) is 20.8 Å². The number of nitrogens with two attached hydrogens (primary N) is 1. The summed E-state index contributed by atoms with van der Waals surface area (Å²) in [6.07, 6.45) is 0. The topological polar surface area (TPSA) is 75.3 Å². The normalized spacial score (nSPS) is 12.2. The van der Waals surface area contributed by atoms with Gasteiger partial charge in [0.25, 0.3) is 0 Å². The van der Waals surface area contributed by atoms with Crippen molar-refractivity contribution in [2.45, 2.75) is 6.04 Å². The molecule has 1 atom stereocenters. The van der Waals surface area contributed by atoms with Crippen molar-refractivity contribution in [1.82, 2.24) is 0 Å². The van der Waals surface area contributed by atoms with E-state index in [4.69, 9.17) is 45.6 Å². The molecule has 0 aromatic heterocycles. The first kappa shape index (κ1) is 13.4. The molecule has 0 aliphatic heterocycles. The molecule has 0 fully saturated rings. The van der Waals surface area contributed by atoms with Crippen LogP contribution in [0.4, 0.5) is 5.69 Å². The summed E-state index contributed by atoms with van der Waals surface area (Å²) in [4.78, 5) is 10.5. The Hall–Kier alpha value is -0.680. The van der Waals surface area contributed by atoms with E-state index in [0.717, 1.165) is 0 Å². The van der Waals surface area contributed by atoms with Gasteiger partial charge in [0, 0.05) is 11.6 Å². The zero-order chi connectivity index (χ0) is 12.3. The summed E-state index contributed by atoms with van der Waals surface area (Å²) in [6.45, 7) is 0.0242. The molecule has 0 amide bonds. The molecule has 4 nitrogen and oxygen atoms in total. The molecule has 7 heteroatoms. The van der Waals surface area contributed by atoms with Crippen molar-refractivity contribution in [1.29, 1.82) is 0 Å². The first-order valence-corrected chi connectivity index (χ1v) is 5.42. The van der Waals surface area contributed by atoms with Crippen LogP contribution in [-0.4, -0.2) is 23.7 Å². The Bertz CT molecular complexity index is 389. The van der Waals surface area contributed by atoms with E-state index < -0.39 is 12.0 Å². The number of benzene rings is 1. The third-order valence-corrected chi connectivity index (χ3v) is 2.64. The summed E-state index contributed by atoms with van der Waals surface area (Å²) in [5.74, 6) is -1.10. The number of carboxylic acid groups (broad SMARTS) is 1. The van der Waals surface area contributed by atoms with E-state index >= 15 is 0 Å². The molecule has 0 aliphatic carbocycles. The van der Waals surface area contributed by atoms with Crippen LogP contribution in [0.2, 0.25) is 15.1 Å². The van der Waals surface area contributed by atoms with Crippen LogP contribution in [-0.2, 0) is 4.79 Å². The number of carbonyl (C=O) groups is 1. The Balaban J connectivity index is 2.78. The van der Waals surface area contributed by atoms with Crippen LogP contribution in [0.5, 0.6) is 0 Å². The average molecular weight is 284 g/mol. The quantitative estimate of drug-likeness (QED) is 0.793. The van der Waals surface area contributed by atoms with Gasteiger partial charge in [0.1, 0.15) is 6.04 Å². The lowest BCUT2D eigenvalue weighted by molar-refractivity contribution is -0.138. The van der Waals surface area contributed by atoms with Crippen molar-refractivity contribution in [3.05, 3.63) is 27.2 Å². The van der Waals surface area contributed by atoms with Crippen molar-refractivity contribution < 1.29 is 9.90 Å². The van der Waals surface area contributed by atoms with E-state index in [2.05, 4.69) is 5.32 Å². The van der Waals surface area contributed by atoms with Gasteiger partial charge < -0.3 is 16.2 Å². The third-order valence-electron chi connectivity index (χ3n) is 1.82. The van der Waals surface area contributed by atoms with Crippen molar-refractivity contribution in [2.75, 3.05) is 11.9 Å². The van der Waals surface area contributed by atoms with E-state index in [-0.39, 0.29) is 6.54 Å². The molecular formula is C9H9Cl3N2O2. The molecule has 0 saturated carbocycles. The molecule has 1 aromatic rings. The smallest absolute Gasteiger partial charge is 0.322 e. The van der Waals surface area contributed by atoms with Gasteiger partial charge in [-0.2, -0.15) is 0 Å². The lowest BCUT2D eigenvalue weighted by Gasteiger charge is -2.12. The summed E-state index contributed by atoms with van der Waals surface area (Å²) >= 11 is 17.5. The minimum absolute atomic E-state index is 0.0242. The second kappa shape index (κ2) is 5.59. The fourth-order valence-corrected chi connectivity index (χ4v) is 1.96. The minimum atomic E-state index is -1.10. The van der Waals surface area contributed by atoms with Crippen molar-refractivity contribution in [2.24, 2.45) is 5.73 Å². The Morgan fingerprint density at radius 1 is 1.38 bits per heavy atom. The number of anilines is 1. The van der Waals surface area contributed by atoms with Crippen LogP contribution in [0, 0.1) is 0 Å². The molecule has 0 radical (unpaired) electrons. The Labute approximate surface area is 107 Å². The van der Waals surface area contributed by atoms with Crippen LogP contribution in [0.25, 0.3) is 0 Å². The predicted molar refractivity (Wildman–Crippen MR) is 65.6 cm³/mol. The van der Waals surface area contributed by atoms with Crippen LogP contribution >= 0.6 is 34.8 Å². The number of aliphatic carboxylic acids is 1. The highest BCUT2D eigenvalue weighted by molar-refractivity contribution is 6.41. The summed E-state index contributed by atoms with van der Waals surface area (Å²) in [7, 11) is 0. The number of carboxylic acids is 1. The summed E-state index contributed by atoms with van der Waals surface area (Å²) in [5.41, 5.74) is 5.74. The lowest BCUT2D eigenvalue weighted by Crippen LogP contribution is -2.37. The minimum Gasteiger partial charge on any atom is -0.480 e. The maximum Gasteiger partial charge on any atom is 0.322 e. The number of hydrogen-bond donors (Lipinski definition) is 3. The van der Waals surface area contributed by atoms with E-state index in [1.165, 1.54) is 12.1 Å². The van der Waals surface area contributed by atoms with Gasteiger partial charge in [-0.05, 0) is 12.1 Å². The maximum atomic E-state index is 10.5. The van der Waals surface area contributed by atoms with Gasteiger partial charge in [-0.3, -0.25) is 4.79 Å². The molecule has 16 heavy (non-hydrogen) atoms. The molecule has 4 N–H and O–H groups in total. The number of hydrogen-bond acceptors (Lipinski definition) is 3. The van der Waals surface area contributed by atoms with Crippen molar-refractivity contribution in [3.63, 3.8) is 0 Å². The van der Waals surface area contributed by atoms with E-state index in [1.54, 1.807) is 0 Å². The van der Waals surface area contributed by atoms with Gasteiger partial charge in [-0.1, -0.05) is 34.8 Å². The number of nitrogens with one attached hydrogen (secondary N) is 1. The fraction of sp³-hybridized carbons (Fsp3) is 0.222. The Morgan fingerprint density at radius 3 is 2.31 bits per heavy atom. The fourth-order valence-electron chi connectivity index (χ4n) is 1.01. The second-order valence-corrected chi connectivity index (χ2v) is 4.32. The highest BCUT2D eigenvalue weighted by Gasteiger charge is 2.13. The lowest BCUT2D eigenvalue weighted by atomic mass is 10.2. The summed E-state index contributed by atoms with van der Waals surface area (Å²) in [5, 5.41) is 12.4. The molecule has 1 aromatic carbocycles. The maximum absolute atomic E-state index is 10.5. The Kier molecular flexibility index (Phi) is 4.68. The first-order valence-electron chi connectivity index (χ1n) is 4.28. The van der Waals surface area contributed by atoms with Gasteiger partial charge >= 0.3 is 5.97 Å². The SMILES string of the molecule is NC(CNc1c(Cl)cc(Cl)cc1Cl)C(=O)O. The highest BCUT2D eigenvalue weighted by atomic mass is 35.5. The number of rotatable bonds is 4. The summed E-state index contributed by atoms with van der Waals surface area (Å²) < 4.78 is 0. The zero-order valence-electron chi connectivity index (χ0n) is 8.01. The number of halogens is 3. The van der Waals surface area contributed by atoms with Crippen LogP contribution in [0.1, 0.15) is 0 Å². The molecule has 0 aliphatic rings. The zero-order valence-corrected chi connectivity index (χ0v) is 10.3. The molecule has 0 bridgehead atoms. The Morgan fingerprint density at radius 2 is 1.88 bits per heavy atom. The van der Waals surface area contributed by atoms with Gasteiger partial charge in [0.05, 0.1) is 15.7 Å². The monoisotopic (exact) mass is 282 g/mol. The standard InChI is InChI=1S/C9H9Cl3N2O2/c10-4-1-5(11)8(6(12)2-4)14-3-7(13)9(15)16/h1-2,7,14H,3,13H2,(H,15,16). The molecule has 0 saturated heterocycles. The van der Waals surface area contributed by atoms with Gasteiger partial charge in [0.2, 0.25) is 0 Å². The van der Waals surface area contributed by atoms with E-state index in [1.807, 2.05) is 0 Å². The largest absolute Gasteiger partial charge is 0.480 e. The average Bonchev–Trinajstić information content (AvgIpc) is 2.15.